The number of carboxylic acids is 1. The zero-order valence-corrected chi connectivity index (χ0v) is 15.8. The number of hydrogen-bond donors (Lipinski definition) is 2. The summed E-state index contributed by atoms with van der Waals surface area (Å²) in [6, 6.07) is 21.5. The fraction of sp³-hybridized carbons (Fsp3) is 0.167. The number of fused-ring (bicyclic) bond motifs is 1. The average molecular weight is 387 g/mol. The van der Waals surface area contributed by atoms with Crippen LogP contribution in [0.4, 0.5) is 0 Å². The molecule has 0 heterocycles. The quantitative estimate of drug-likeness (QED) is 0.647. The summed E-state index contributed by atoms with van der Waals surface area (Å²) >= 11 is 0. The summed E-state index contributed by atoms with van der Waals surface area (Å²) < 4.78 is 5.82. The van der Waals surface area contributed by atoms with Crippen molar-refractivity contribution in [1.29, 1.82) is 0 Å². The minimum absolute atomic E-state index is 0.132. The molecular formula is C24H21NO4. The van der Waals surface area contributed by atoms with E-state index in [1.54, 1.807) is 30.3 Å². The van der Waals surface area contributed by atoms with Gasteiger partial charge in [-0.15, -0.1) is 0 Å². The van der Waals surface area contributed by atoms with Gasteiger partial charge < -0.3 is 15.2 Å². The van der Waals surface area contributed by atoms with Gasteiger partial charge in [-0.3, -0.25) is 4.79 Å². The molecule has 29 heavy (non-hydrogen) atoms. The van der Waals surface area contributed by atoms with E-state index in [2.05, 4.69) is 5.32 Å². The van der Waals surface area contributed by atoms with E-state index in [9.17, 15) is 14.7 Å². The van der Waals surface area contributed by atoms with Gasteiger partial charge in [0, 0.05) is 5.56 Å². The van der Waals surface area contributed by atoms with Crippen molar-refractivity contribution in [2.24, 2.45) is 0 Å². The molecule has 0 aliphatic heterocycles. The summed E-state index contributed by atoms with van der Waals surface area (Å²) in [6.45, 7) is 0. The Balaban J connectivity index is 1.50. The molecule has 0 spiro atoms. The first-order chi connectivity index (χ1) is 14.1. The standard InChI is InChI=1S/C24H21NO4/c26-23(17-7-4-10-20(15-17)29-19-8-2-1-3-9-19)25-22-11-5-6-16-14-18(24(27)28)12-13-21(16)22/h1-4,7-10,12-15,22H,5-6,11H2,(H,25,26)(H,27,28). The Bertz CT molecular complexity index is 1050. The van der Waals surface area contributed by atoms with Crippen LogP contribution in [0.1, 0.15) is 50.7 Å². The highest BCUT2D eigenvalue weighted by Crippen LogP contribution is 2.31. The number of hydrogen-bond acceptors (Lipinski definition) is 3. The lowest BCUT2D eigenvalue weighted by Crippen LogP contribution is -2.31. The minimum atomic E-state index is -0.936. The largest absolute Gasteiger partial charge is 0.478 e. The first-order valence-electron chi connectivity index (χ1n) is 9.60. The van der Waals surface area contributed by atoms with Gasteiger partial charge in [0.15, 0.2) is 0 Å². The molecule has 1 aliphatic rings. The average Bonchev–Trinajstić information content (AvgIpc) is 2.74. The fourth-order valence-electron chi connectivity index (χ4n) is 3.66. The van der Waals surface area contributed by atoms with Gasteiger partial charge in [-0.1, -0.05) is 30.3 Å². The minimum Gasteiger partial charge on any atom is -0.478 e. The van der Waals surface area contributed by atoms with Crippen molar-refractivity contribution in [2.45, 2.75) is 25.3 Å². The number of para-hydroxylation sites is 1. The highest BCUT2D eigenvalue weighted by Gasteiger charge is 2.23. The Morgan fingerprint density at radius 3 is 2.48 bits per heavy atom. The summed E-state index contributed by atoms with van der Waals surface area (Å²) in [4.78, 5) is 24.1. The number of carbonyl (C=O) groups is 2. The zero-order chi connectivity index (χ0) is 20.2. The second kappa shape index (κ2) is 8.19. The van der Waals surface area contributed by atoms with Gasteiger partial charge in [0.2, 0.25) is 0 Å². The van der Waals surface area contributed by atoms with Crippen molar-refractivity contribution in [3.63, 3.8) is 0 Å². The molecule has 0 saturated carbocycles. The van der Waals surface area contributed by atoms with Crippen molar-refractivity contribution in [3.05, 3.63) is 95.1 Å². The Morgan fingerprint density at radius 1 is 0.897 bits per heavy atom. The second-order valence-corrected chi connectivity index (χ2v) is 7.08. The summed E-state index contributed by atoms with van der Waals surface area (Å²) in [5, 5.41) is 12.3. The number of ether oxygens (including phenoxy) is 1. The maximum atomic E-state index is 12.8. The van der Waals surface area contributed by atoms with Crippen LogP contribution in [0.15, 0.2) is 72.8 Å². The van der Waals surface area contributed by atoms with E-state index in [1.165, 1.54) is 0 Å². The number of aromatic carboxylic acids is 1. The van der Waals surface area contributed by atoms with Crippen LogP contribution < -0.4 is 10.1 Å². The number of benzene rings is 3. The molecule has 5 nitrogen and oxygen atoms in total. The molecule has 2 N–H and O–H groups in total. The van der Waals surface area contributed by atoms with Crippen LogP contribution in [0, 0.1) is 0 Å². The number of nitrogens with one attached hydrogen (secondary N) is 1. The third-order valence-electron chi connectivity index (χ3n) is 5.08. The van der Waals surface area contributed by atoms with Crippen LogP contribution in [-0.4, -0.2) is 17.0 Å². The maximum absolute atomic E-state index is 12.8. The first-order valence-corrected chi connectivity index (χ1v) is 9.60. The van der Waals surface area contributed by atoms with Crippen LogP contribution in [-0.2, 0) is 6.42 Å². The Morgan fingerprint density at radius 2 is 1.69 bits per heavy atom. The highest BCUT2D eigenvalue weighted by molar-refractivity contribution is 5.95. The number of amides is 1. The molecule has 1 amide bonds. The Hall–Kier alpha value is -3.60. The molecule has 5 heteroatoms. The third-order valence-corrected chi connectivity index (χ3v) is 5.08. The number of carbonyl (C=O) groups excluding carboxylic acids is 1. The van der Waals surface area contributed by atoms with E-state index in [1.807, 2.05) is 42.5 Å². The topological polar surface area (TPSA) is 75.6 Å². The molecule has 0 saturated heterocycles. The number of aryl methyl sites for hydroxylation is 1. The SMILES string of the molecule is O=C(O)c1ccc2c(c1)CCCC2NC(=O)c1cccc(Oc2ccccc2)c1. The predicted molar refractivity (Wildman–Crippen MR) is 110 cm³/mol. The lowest BCUT2D eigenvalue weighted by atomic mass is 9.86. The van der Waals surface area contributed by atoms with Crippen molar-refractivity contribution in [2.75, 3.05) is 0 Å². The van der Waals surface area contributed by atoms with Gasteiger partial charge in [0.1, 0.15) is 11.5 Å². The van der Waals surface area contributed by atoms with Crippen molar-refractivity contribution >= 4 is 11.9 Å². The van der Waals surface area contributed by atoms with Gasteiger partial charge in [-0.2, -0.15) is 0 Å². The van der Waals surface area contributed by atoms with Crippen LogP contribution in [0.25, 0.3) is 0 Å². The molecule has 0 radical (unpaired) electrons. The third kappa shape index (κ3) is 4.29. The maximum Gasteiger partial charge on any atom is 0.335 e. The lowest BCUT2D eigenvalue weighted by Gasteiger charge is -2.26. The number of carboxylic acid groups (broad SMARTS) is 1. The summed E-state index contributed by atoms with van der Waals surface area (Å²) in [5.74, 6) is 0.192. The van der Waals surface area contributed by atoms with Crippen molar-refractivity contribution in [1.82, 2.24) is 5.32 Å². The Kier molecular flexibility index (Phi) is 5.29. The molecule has 0 bridgehead atoms. The van der Waals surface area contributed by atoms with Crippen LogP contribution in [0.5, 0.6) is 11.5 Å². The molecule has 1 unspecified atom stereocenters. The molecule has 146 valence electrons. The summed E-state index contributed by atoms with van der Waals surface area (Å²) in [6.07, 6.45) is 2.55. The summed E-state index contributed by atoms with van der Waals surface area (Å²) in [5.41, 5.74) is 2.78. The first kappa shape index (κ1) is 18.7. The van der Waals surface area contributed by atoms with Gasteiger partial charge in [-0.05, 0) is 72.9 Å². The molecule has 4 rings (SSSR count). The highest BCUT2D eigenvalue weighted by atomic mass is 16.5. The predicted octanol–water partition coefficient (Wildman–Crippen LogP) is 4.98. The molecule has 0 aromatic heterocycles. The van der Waals surface area contributed by atoms with Gasteiger partial charge in [0.05, 0.1) is 11.6 Å². The summed E-state index contributed by atoms with van der Waals surface area (Å²) in [7, 11) is 0. The molecular weight excluding hydrogens is 366 g/mol. The van der Waals surface area contributed by atoms with E-state index in [-0.39, 0.29) is 17.5 Å². The smallest absolute Gasteiger partial charge is 0.335 e. The van der Waals surface area contributed by atoms with Crippen LogP contribution >= 0.6 is 0 Å². The zero-order valence-electron chi connectivity index (χ0n) is 15.8. The van der Waals surface area contributed by atoms with Crippen LogP contribution in [0.3, 0.4) is 0 Å². The Labute approximate surface area is 169 Å². The van der Waals surface area contributed by atoms with Crippen molar-refractivity contribution < 1.29 is 19.4 Å². The van der Waals surface area contributed by atoms with Gasteiger partial charge in [-0.25, -0.2) is 4.79 Å². The molecule has 3 aromatic carbocycles. The molecule has 1 aliphatic carbocycles. The molecule has 0 fully saturated rings. The number of rotatable bonds is 5. The van der Waals surface area contributed by atoms with Crippen LogP contribution in [0.2, 0.25) is 0 Å². The van der Waals surface area contributed by atoms with E-state index in [0.717, 1.165) is 30.4 Å². The van der Waals surface area contributed by atoms with E-state index < -0.39 is 5.97 Å². The van der Waals surface area contributed by atoms with Crippen molar-refractivity contribution in [3.8, 4) is 11.5 Å². The monoisotopic (exact) mass is 387 g/mol. The second-order valence-electron chi connectivity index (χ2n) is 7.08. The fourth-order valence-corrected chi connectivity index (χ4v) is 3.66. The lowest BCUT2D eigenvalue weighted by molar-refractivity contribution is 0.0696. The van der Waals surface area contributed by atoms with Gasteiger partial charge in [0.25, 0.3) is 5.91 Å². The van der Waals surface area contributed by atoms with E-state index in [0.29, 0.717) is 17.1 Å². The van der Waals surface area contributed by atoms with E-state index in [4.69, 9.17) is 4.74 Å². The normalized spacial score (nSPS) is 15.2. The molecule has 3 aromatic rings. The van der Waals surface area contributed by atoms with Gasteiger partial charge >= 0.3 is 5.97 Å². The molecule has 1 atom stereocenters. The van der Waals surface area contributed by atoms with E-state index >= 15 is 0 Å².